The maximum Gasteiger partial charge on any atom is 0.295 e. The van der Waals surface area contributed by atoms with E-state index in [9.17, 15) is 36.2 Å². The fraction of sp³-hybridized carbons (Fsp3) is 0.231. The molecule has 2 aromatic heterocycles. The molecule has 0 spiro atoms. The summed E-state index contributed by atoms with van der Waals surface area (Å²) in [5.74, 6) is -0.121. The Morgan fingerprint density at radius 3 is 1.38 bits per heavy atom. The van der Waals surface area contributed by atoms with Crippen molar-refractivity contribution in [3.63, 3.8) is 0 Å². The van der Waals surface area contributed by atoms with Gasteiger partial charge in [-0.05, 0) is 35.4 Å². The van der Waals surface area contributed by atoms with Crippen LogP contribution in [0.3, 0.4) is 0 Å². The number of anilines is 8. The first-order valence-electron chi connectivity index (χ1n) is 13.7. The summed E-state index contributed by atoms with van der Waals surface area (Å²) < 4.78 is 69.3. The number of nitrogen functional groups attached to an aromatic ring is 2. The lowest BCUT2D eigenvalue weighted by molar-refractivity contribution is 0.303. The molecular formula is C26H32N12O8S2. The quantitative estimate of drug-likeness (QED) is 0.0643. The molecule has 4 aromatic rings. The normalized spacial score (nSPS) is 11.9. The van der Waals surface area contributed by atoms with Gasteiger partial charge in [0, 0.05) is 38.6 Å². The van der Waals surface area contributed by atoms with Gasteiger partial charge in [0.05, 0.1) is 13.2 Å². The van der Waals surface area contributed by atoms with Gasteiger partial charge < -0.3 is 42.1 Å². The van der Waals surface area contributed by atoms with Gasteiger partial charge in [-0.15, -0.1) is 0 Å². The van der Waals surface area contributed by atoms with Crippen molar-refractivity contribution >= 4 is 79.5 Å². The second-order valence-electron chi connectivity index (χ2n) is 9.96. The number of aliphatic hydroxyl groups excluding tert-OH is 2. The number of benzene rings is 2. The molecule has 0 atom stereocenters. The molecule has 10 N–H and O–H groups in total. The molecule has 20 nitrogen and oxygen atoms in total. The minimum atomic E-state index is -4.82. The Balaban J connectivity index is 1.65. The van der Waals surface area contributed by atoms with Crippen LogP contribution in [0.5, 0.6) is 0 Å². The number of rotatable bonds is 14. The first-order chi connectivity index (χ1) is 22.6. The number of nitrogens with two attached hydrogens (primary N) is 2. The third kappa shape index (κ3) is 9.18. The van der Waals surface area contributed by atoms with E-state index in [4.69, 9.17) is 11.5 Å². The van der Waals surface area contributed by atoms with E-state index in [2.05, 4.69) is 40.5 Å². The summed E-state index contributed by atoms with van der Waals surface area (Å²) in [6.45, 7) is 0.0563. The van der Waals surface area contributed by atoms with E-state index in [0.717, 1.165) is 12.1 Å². The molecule has 48 heavy (non-hydrogen) atoms. The van der Waals surface area contributed by atoms with Gasteiger partial charge in [0.1, 0.15) is 9.79 Å². The largest absolute Gasteiger partial charge is 0.395 e. The zero-order valence-corrected chi connectivity index (χ0v) is 27.1. The smallest absolute Gasteiger partial charge is 0.295 e. The van der Waals surface area contributed by atoms with Gasteiger partial charge in [0.2, 0.25) is 35.7 Å². The summed E-state index contributed by atoms with van der Waals surface area (Å²) in [4.78, 5) is 26.2. The molecule has 0 amide bonds. The third-order valence-corrected chi connectivity index (χ3v) is 8.19. The molecule has 0 saturated carbocycles. The standard InChI is InChI=1S/C26H32N12O8S2/c1-37(9-11-39)25-33-21(27)31-23(35-25)29-17-7-5-15(19(13-17)47(41,42)43)3-4-16-6-8-18(14-20(16)48(44,45)46)30-24-32-22(28)34-26(36-24)38(2)10-12-40/h3-8,13-14,39-40H,9-12H2,1-2H3,(H,41,42,43)(H,44,45,46)(H3,27,29,31,33,35)(H3,28,30,32,34,36). The Kier molecular flexibility index (Phi) is 10.9. The number of nitrogens with one attached hydrogen (secondary N) is 2. The molecule has 4 rings (SSSR count). The second kappa shape index (κ2) is 14.7. The summed E-state index contributed by atoms with van der Waals surface area (Å²) in [5.41, 5.74) is 11.7. The lowest BCUT2D eigenvalue weighted by Crippen LogP contribution is -2.24. The Morgan fingerprint density at radius 1 is 0.667 bits per heavy atom. The van der Waals surface area contributed by atoms with E-state index >= 15 is 0 Å². The molecule has 0 unspecified atom stereocenters. The van der Waals surface area contributed by atoms with Gasteiger partial charge in [-0.1, -0.05) is 24.3 Å². The molecule has 0 bridgehead atoms. The fourth-order valence-electron chi connectivity index (χ4n) is 4.10. The van der Waals surface area contributed by atoms with Crippen LogP contribution < -0.4 is 31.9 Å². The number of aromatic nitrogens is 6. The zero-order chi connectivity index (χ0) is 35.2. The topological polar surface area (TPSA) is 309 Å². The number of aliphatic hydroxyl groups is 2. The number of hydrogen-bond donors (Lipinski definition) is 8. The maximum absolute atomic E-state index is 12.3. The first-order valence-corrected chi connectivity index (χ1v) is 16.6. The summed E-state index contributed by atoms with van der Waals surface area (Å²) in [6.07, 6.45) is 2.45. The van der Waals surface area contributed by atoms with Gasteiger partial charge in [0.25, 0.3) is 20.2 Å². The zero-order valence-electron chi connectivity index (χ0n) is 25.4. The lowest BCUT2D eigenvalue weighted by Gasteiger charge is -2.16. The highest BCUT2D eigenvalue weighted by Gasteiger charge is 2.19. The van der Waals surface area contributed by atoms with Crippen LogP contribution in [-0.2, 0) is 20.2 Å². The van der Waals surface area contributed by atoms with Crippen molar-refractivity contribution in [1.82, 2.24) is 29.9 Å². The lowest BCUT2D eigenvalue weighted by atomic mass is 10.1. The Bertz CT molecular complexity index is 1900. The average molecular weight is 705 g/mol. The first kappa shape index (κ1) is 35.6. The molecular weight excluding hydrogens is 672 g/mol. The molecule has 256 valence electrons. The van der Waals surface area contributed by atoms with E-state index in [-0.39, 0.29) is 84.5 Å². The molecule has 0 saturated heterocycles. The molecule has 0 aliphatic carbocycles. The highest BCUT2D eigenvalue weighted by molar-refractivity contribution is 7.86. The Morgan fingerprint density at radius 2 is 1.04 bits per heavy atom. The van der Waals surface area contributed by atoms with Crippen LogP contribution in [-0.4, -0.2) is 106 Å². The maximum atomic E-state index is 12.3. The highest BCUT2D eigenvalue weighted by Crippen LogP contribution is 2.28. The molecule has 0 fully saturated rings. The monoisotopic (exact) mass is 704 g/mol. The molecule has 0 radical (unpaired) electrons. The third-order valence-electron chi connectivity index (χ3n) is 6.37. The van der Waals surface area contributed by atoms with E-state index in [1.54, 1.807) is 14.1 Å². The number of hydrogen-bond acceptors (Lipinski definition) is 18. The van der Waals surface area contributed by atoms with Crippen LogP contribution in [0, 0.1) is 0 Å². The van der Waals surface area contributed by atoms with E-state index in [0.29, 0.717) is 0 Å². The second-order valence-corrected chi connectivity index (χ2v) is 12.7. The average Bonchev–Trinajstić information content (AvgIpc) is 2.99. The van der Waals surface area contributed by atoms with Crippen molar-refractivity contribution < 1.29 is 36.2 Å². The van der Waals surface area contributed by atoms with Gasteiger partial charge in [-0.2, -0.15) is 46.7 Å². The minimum absolute atomic E-state index is 0.0368. The molecule has 22 heteroatoms. The summed E-state index contributed by atoms with van der Waals surface area (Å²) in [7, 11) is -6.40. The van der Waals surface area contributed by atoms with Crippen LogP contribution in [0.2, 0.25) is 0 Å². The van der Waals surface area contributed by atoms with Crippen molar-refractivity contribution in [3.8, 4) is 0 Å². The van der Waals surface area contributed by atoms with E-state index in [1.165, 1.54) is 46.2 Å². The number of nitrogens with zero attached hydrogens (tertiary/aromatic N) is 8. The van der Waals surface area contributed by atoms with Crippen molar-refractivity contribution in [2.45, 2.75) is 9.79 Å². The molecule has 0 aliphatic heterocycles. The van der Waals surface area contributed by atoms with E-state index in [1.807, 2.05) is 0 Å². The van der Waals surface area contributed by atoms with Gasteiger partial charge in [0.15, 0.2) is 0 Å². The van der Waals surface area contributed by atoms with Crippen LogP contribution in [0.15, 0.2) is 46.2 Å². The Labute approximate surface area is 274 Å². The SMILES string of the molecule is CN(CCO)c1nc(N)nc(Nc2ccc(C=Cc3ccc(Nc4nc(N)nc(N(C)CCO)n4)cc3S(=O)(=O)O)c(S(=O)(=O)O)c2)n1. The molecule has 0 aliphatic rings. The van der Waals surface area contributed by atoms with Gasteiger partial charge in [-0.3, -0.25) is 9.11 Å². The summed E-state index contributed by atoms with van der Waals surface area (Å²) in [5, 5.41) is 23.9. The van der Waals surface area contributed by atoms with Crippen LogP contribution in [0.1, 0.15) is 11.1 Å². The van der Waals surface area contributed by atoms with Crippen molar-refractivity contribution in [1.29, 1.82) is 0 Å². The van der Waals surface area contributed by atoms with Crippen molar-refractivity contribution in [2.75, 3.05) is 72.3 Å². The molecule has 2 heterocycles. The van der Waals surface area contributed by atoms with Crippen LogP contribution in [0.4, 0.5) is 47.1 Å². The van der Waals surface area contributed by atoms with Gasteiger partial charge in [-0.25, -0.2) is 0 Å². The van der Waals surface area contributed by atoms with Crippen LogP contribution in [0.25, 0.3) is 12.2 Å². The van der Waals surface area contributed by atoms with Crippen molar-refractivity contribution in [3.05, 3.63) is 47.5 Å². The minimum Gasteiger partial charge on any atom is -0.395 e. The number of likely N-dealkylation sites (N-methyl/N-ethyl adjacent to an activating group) is 2. The van der Waals surface area contributed by atoms with Gasteiger partial charge >= 0.3 is 0 Å². The molecule has 2 aromatic carbocycles. The predicted molar refractivity (Wildman–Crippen MR) is 177 cm³/mol. The van der Waals surface area contributed by atoms with Crippen LogP contribution >= 0.6 is 0 Å². The summed E-state index contributed by atoms with van der Waals surface area (Å²) >= 11 is 0. The Hall–Kier alpha value is -5.26. The predicted octanol–water partition coefficient (Wildman–Crippen LogP) is 0.229. The van der Waals surface area contributed by atoms with Crippen molar-refractivity contribution in [2.24, 2.45) is 0 Å². The highest BCUT2D eigenvalue weighted by atomic mass is 32.2. The summed E-state index contributed by atoms with van der Waals surface area (Å²) in [6, 6.07) is 7.71. The van der Waals surface area contributed by atoms with E-state index < -0.39 is 30.0 Å². The fourth-order valence-corrected chi connectivity index (χ4v) is 5.52.